The van der Waals surface area contributed by atoms with Crippen LogP contribution >= 0.6 is 0 Å². The molecular formula is C37H49FO4. The van der Waals surface area contributed by atoms with Gasteiger partial charge in [-0.2, -0.15) is 0 Å². The number of hydrogen-bond donors (Lipinski definition) is 2. The molecule has 0 aliphatic heterocycles. The largest absolute Gasteiger partial charge is 0.481 e. The van der Waals surface area contributed by atoms with E-state index in [4.69, 9.17) is 0 Å². The van der Waals surface area contributed by atoms with Gasteiger partial charge in [-0.25, -0.2) is 9.18 Å². The number of aliphatic carboxylic acids is 1. The highest BCUT2D eigenvalue weighted by atomic mass is 19.1. The standard InChI is InChI=1S/C37H49FO4/c1-21(2)23-12-17-37(32(41)42)19-18-35(6)26(30(23)37)10-11-29-34(5)15-13-25(22-8-9-24(31(39)40)27(38)20-22)33(3,4)28(34)14-16-36(29,35)7/h8-9,13,20,23,26,28-30H,1,10-12,14-19H2,2-7H3,(H,39,40)(H,41,42)/t23-,26+,28-,29+,30+,34-,35+,36+,37-/m0/s1. The molecule has 6 rings (SSSR count). The summed E-state index contributed by atoms with van der Waals surface area (Å²) < 4.78 is 14.8. The summed E-state index contributed by atoms with van der Waals surface area (Å²) >= 11 is 0. The minimum atomic E-state index is -1.24. The lowest BCUT2D eigenvalue weighted by atomic mass is 9.32. The molecule has 1 aromatic carbocycles. The Morgan fingerprint density at radius 3 is 2.24 bits per heavy atom. The topological polar surface area (TPSA) is 74.6 Å². The Balaban J connectivity index is 1.38. The molecule has 1 aromatic rings. The van der Waals surface area contributed by atoms with Gasteiger partial charge in [-0.1, -0.05) is 58.9 Å². The van der Waals surface area contributed by atoms with Gasteiger partial charge in [0.25, 0.3) is 0 Å². The van der Waals surface area contributed by atoms with Crippen molar-refractivity contribution in [2.75, 3.05) is 0 Å². The Kier molecular flexibility index (Phi) is 6.55. The molecule has 4 saturated carbocycles. The molecule has 0 aromatic heterocycles. The predicted molar refractivity (Wildman–Crippen MR) is 163 cm³/mol. The van der Waals surface area contributed by atoms with Gasteiger partial charge in [-0.05, 0) is 139 Å². The van der Waals surface area contributed by atoms with E-state index in [0.717, 1.165) is 74.5 Å². The Bertz CT molecular complexity index is 1390. The molecule has 5 aliphatic rings. The highest BCUT2D eigenvalue weighted by Crippen LogP contribution is 2.77. The minimum Gasteiger partial charge on any atom is -0.481 e. The van der Waals surface area contributed by atoms with Gasteiger partial charge in [-0.3, -0.25) is 4.79 Å². The van der Waals surface area contributed by atoms with Crippen LogP contribution in [0.15, 0.2) is 36.4 Å². The fourth-order valence-corrected chi connectivity index (χ4v) is 12.5. The van der Waals surface area contributed by atoms with Crippen molar-refractivity contribution in [3.8, 4) is 0 Å². The van der Waals surface area contributed by atoms with E-state index < -0.39 is 23.2 Å². The number of allylic oxidation sites excluding steroid dienone is 3. The van der Waals surface area contributed by atoms with Crippen LogP contribution in [0.1, 0.15) is 115 Å². The quantitative estimate of drug-likeness (QED) is 0.350. The summed E-state index contributed by atoms with van der Waals surface area (Å²) in [7, 11) is 0. The lowest BCUT2D eigenvalue weighted by Gasteiger charge is -2.72. The molecule has 0 radical (unpaired) electrons. The molecule has 0 unspecified atom stereocenters. The third kappa shape index (κ3) is 3.63. The maximum Gasteiger partial charge on any atom is 0.338 e. The van der Waals surface area contributed by atoms with Crippen molar-refractivity contribution in [2.45, 2.75) is 99.3 Å². The van der Waals surface area contributed by atoms with Crippen LogP contribution in [0.5, 0.6) is 0 Å². The summed E-state index contributed by atoms with van der Waals surface area (Å²) in [6.45, 7) is 18.7. The van der Waals surface area contributed by atoms with Gasteiger partial charge in [0.05, 0.1) is 11.0 Å². The Labute approximate surface area is 250 Å². The van der Waals surface area contributed by atoms with Crippen LogP contribution in [0.25, 0.3) is 5.57 Å². The number of aromatic carboxylic acids is 1. The summed E-state index contributed by atoms with van der Waals surface area (Å²) in [6, 6.07) is 4.59. The first-order valence-corrected chi connectivity index (χ1v) is 16.2. The number of benzene rings is 1. The first-order valence-electron chi connectivity index (χ1n) is 16.2. The Morgan fingerprint density at radius 1 is 0.905 bits per heavy atom. The first kappa shape index (κ1) is 29.6. The van der Waals surface area contributed by atoms with Crippen LogP contribution in [0, 0.1) is 62.5 Å². The summed E-state index contributed by atoms with van der Waals surface area (Å²) in [5, 5.41) is 20.0. The zero-order valence-corrected chi connectivity index (χ0v) is 26.4. The summed E-state index contributed by atoms with van der Waals surface area (Å²) in [5.74, 6) is -0.696. The third-order valence-electron chi connectivity index (χ3n) is 14.6. The second-order valence-corrected chi connectivity index (χ2v) is 16.2. The van der Waals surface area contributed by atoms with E-state index in [0.29, 0.717) is 23.7 Å². The van der Waals surface area contributed by atoms with E-state index in [-0.39, 0.29) is 33.1 Å². The molecule has 0 amide bonds. The molecule has 0 bridgehead atoms. The number of carboxylic acids is 2. The Hall–Kier alpha value is -2.43. The van der Waals surface area contributed by atoms with Crippen molar-refractivity contribution < 1.29 is 24.2 Å². The van der Waals surface area contributed by atoms with Crippen molar-refractivity contribution in [2.24, 2.45) is 56.7 Å². The third-order valence-corrected chi connectivity index (χ3v) is 14.6. The summed E-state index contributed by atoms with van der Waals surface area (Å²) in [6.07, 6.45) is 11.2. The molecule has 5 heteroatoms. The van der Waals surface area contributed by atoms with Crippen molar-refractivity contribution in [3.63, 3.8) is 0 Å². The lowest BCUT2D eigenvalue weighted by Crippen LogP contribution is -2.65. The van der Waals surface area contributed by atoms with Crippen LogP contribution in [0.3, 0.4) is 0 Å². The number of carbonyl (C=O) groups is 2. The number of rotatable bonds is 4. The molecular weight excluding hydrogens is 527 g/mol. The Morgan fingerprint density at radius 2 is 1.62 bits per heavy atom. The van der Waals surface area contributed by atoms with E-state index in [9.17, 15) is 24.2 Å². The van der Waals surface area contributed by atoms with E-state index in [2.05, 4.69) is 54.2 Å². The van der Waals surface area contributed by atoms with Gasteiger partial charge in [0.2, 0.25) is 0 Å². The molecule has 5 aliphatic carbocycles. The fraction of sp³-hybridized carbons (Fsp3) is 0.676. The molecule has 9 atom stereocenters. The number of carboxylic acid groups (broad SMARTS) is 2. The molecule has 0 heterocycles. The van der Waals surface area contributed by atoms with E-state index in [1.807, 2.05) is 0 Å². The number of fused-ring (bicyclic) bond motifs is 7. The smallest absolute Gasteiger partial charge is 0.338 e. The van der Waals surface area contributed by atoms with E-state index >= 15 is 0 Å². The highest BCUT2D eigenvalue weighted by Gasteiger charge is 2.71. The van der Waals surface area contributed by atoms with Crippen molar-refractivity contribution >= 4 is 17.5 Å². The summed E-state index contributed by atoms with van der Waals surface area (Å²) in [4.78, 5) is 24.3. The van der Waals surface area contributed by atoms with Crippen molar-refractivity contribution in [3.05, 3.63) is 53.4 Å². The molecule has 0 saturated heterocycles. The maximum atomic E-state index is 14.8. The average molecular weight is 577 g/mol. The van der Waals surface area contributed by atoms with Gasteiger partial charge in [0.15, 0.2) is 0 Å². The molecule has 4 nitrogen and oxygen atoms in total. The zero-order valence-electron chi connectivity index (χ0n) is 26.4. The van der Waals surface area contributed by atoms with Gasteiger partial charge in [0, 0.05) is 0 Å². The molecule has 228 valence electrons. The number of halogens is 1. The maximum absolute atomic E-state index is 14.8. The monoisotopic (exact) mass is 576 g/mol. The number of hydrogen-bond acceptors (Lipinski definition) is 2. The normalized spacial score (nSPS) is 43.7. The SMILES string of the molecule is C=C(C)[C@@H]1CC[C@]2(C(=O)O)CC[C@]3(C)[C@H](CC[C@@H]4[C@@]5(C)CC=C(c6ccc(C(=O)O)c(F)c6)C(C)(C)[C@@H]5CC[C@]43C)[C@@H]12. The molecule has 4 fully saturated rings. The zero-order chi connectivity index (χ0) is 30.6. The van der Waals surface area contributed by atoms with Gasteiger partial charge < -0.3 is 10.2 Å². The van der Waals surface area contributed by atoms with Crippen molar-refractivity contribution in [1.82, 2.24) is 0 Å². The molecule has 0 spiro atoms. The van der Waals surface area contributed by atoms with Crippen LogP contribution in [-0.4, -0.2) is 22.2 Å². The van der Waals surface area contributed by atoms with E-state index in [1.54, 1.807) is 6.07 Å². The average Bonchev–Trinajstić information content (AvgIpc) is 3.30. The van der Waals surface area contributed by atoms with Gasteiger partial charge in [-0.15, -0.1) is 0 Å². The van der Waals surface area contributed by atoms with Crippen LogP contribution in [-0.2, 0) is 4.79 Å². The van der Waals surface area contributed by atoms with E-state index in [1.165, 1.54) is 12.1 Å². The molecule has 42 heavy (non-hydrogen) atoms. The minimum absolute atomic E-state index is 0.0788. The predicted octanol–water partition coefficient (Wildman–Crippen LogP) is 9.26. The second-order valence-electron chi connectivity index (χ2n) is 16.2. The molecule has 2 N–H and O–H groups in total. The van der Waals surface area contributed by atoms with Gasteiger partial charge in [0.1, 0.15) is 5.82 Å². The highest BCUT2D eigenvalue weighted by molar-refractivity contribution is 5.88. The lowest BCUT2D eigenvalue weighted by molar-refractivity contribution is -0.227. The first-order chi connectivity index (χ1) is 19.5. The van der Waals surface area contributed by atoms with Crippen LogP contribution < -0.4 is 0 Å². The van der Waals surface area contributed by atoms with Crippen LogP contribution in [0.2, 0.25) is 0 Å². The van der Waals surface area contributed by atoms with Crippen LogP contribution in [0.4, 0.5) is 4.39 Å². The fourth-order valence-electron chi connectivity index (χ4n) is 12.5. The second kappa shape index (κ2) is 9.29. The van der Waals surface area contributed by atoms with Gasteiger partial charge >= 0.3 is 11.9 Å². The summed E-state index contributed by atoms with van der Waals surface area (Å²) in [5.41, 5.74) is 2.28. The van der Waals surface area contributed by atoms with Crippen molar-refractivity contribution in [1.29, 1.82) is 0 Å².